The molecule has 0 saturated heterocycles. The molecule has 0 spiro atoms. The molecule has 1 unspecified atom stereocenters. The number of nitrogens with two attached hydrogens (primary N) is 2. The maximum atomic E-state index is 12.5. The molecule has 0 heterocycles. The minimum Gasteiger partial charge on any atom is -0.398 e. The van der Waals surface area contributed by atoms with Crippen molar-refractivity contribution < 1.29 is 18.0 Å². The zero-order valence-corrected chi connectivity index (χ0v) is 8.51. The summed E-state index contributed by atoms with van der Waals surface area (Å²) in [7, 11) is 0. The van der Waals surface area contributed by atoms with Gasteiger partial charge in [-0.1, -0.05) is 6.07 Å². The standard InChI is InChI=1S/C10H11F3N2O/c1-5(14)9(16)6-3-2-4-7(8(6)15)10(11,12)13/h2-5H,14-15H2,1H3. The number of nitrogen functional groups attached to an aromatic ring is 1. The zero-order valence-electron chi connectivity index (χ0n) is 8.51. The molecule has 1 aromatic carbocycles. The fourth-order valence-corrected chi connectivity index (χ4v) is 1.27. The molecular weight excluding hydrogens is 221 g/mol. The van der Waals surface area contributed by atoms with Crippen LogP contribution in [-0.2, 0) is 6.18 Å². The molecule has 88 valence electrons. The number of benzene rings is 1. The molecule has 4 N–H and O–H groups in total. The first-order valence-corrected chi connectivity index (χ1v) is 4.50. The minimum atomic E-state index is -4.57. The highest BCUT2D eigenvalue weighted by atomic mass is 19.4. The highest BCUT2D eigenvalue weighted by molar-refractivity contribution is 6.04. The molecule has 3 nitrogen and oxygen atoms in total. The first kappa shape index (κ1) is 12.5. The lowest BCUT2D eigenvalue weighted by Crippen LogP contribution is -2.28. The zero-order chi connectivity index (χ0) is 12.5. The Morgan fingerprint density at radius 1 is 1.38 bits per heavy atom. The van der Waals surface area contributed by atoms with Gasteiger partial charge in [-0.3, -0.25) is 4.79 Å². The molecule has 0 aliphatic rings. The monoisotopic (exact) mass is 232 g/mol. The van der Waals surface area contributed by atoms with E-state index in [0.717, 1.165) is 12.1 Å². The van der Waals surface area contributed by atoms with Gasteiger partial charge in [0, 0.05) is 5.56 Å². The van der Waals surface area contributed by atoms with Crippen LogP contribution in [0.4, 0.5) is 18.9 Å². The van der Waals surface area contributed by atoms with Crippen molar-refractivity contribution in [2.24, 2.45) is 5.73 Å². The van der Waals surface area contributed by atoms with Crippen LogP contribution in [0.15, 0.2) is 18.2 Å². The fourth-order valence-electron chi connectivity index (χ4n) is 1.27. The van der Waals surface area contributed by atoms with Gasteiger partial charge >= 0.3 is 6.18 Å². The fraction of sp³-hybridized carbons (Fsp3) is 0.300. The first-order chi connectivity index (χ1) is 7.25. The summed E-state index contributed by atoms with van der Waals surface area (Å²) in [5, 5.41) is 0. The smallest absolute Gasteiger partial charge is 0.398 e. The van der Waals surface area contributed by atoms with Crippen LogP contribution in [-0.4, -0.2) is 11.8 Å². The SMILES string of the molecule is CC(N)C(=O)c1cccc(C(F)(F)F)c1N. The maximum absolute atomic E-state index is 12.5. The summed E-state index contributed by atoms with van der Waals surface area (Å²) < 4.78 is 37.4. The maximum Gasteiger partial charge on any atom is 0.418 e. The normalized spacial score (nSPS) is 13.6. The number of carbonyl (C=O) groups is 1. The van der Waals surface area contributed by atoms with Crippen molar-refractivity contribution in [1.29, 1.82) is 0 Å². The van der Waals surface area contributed by atoms with Crippen LogP contribution in [0.1, 0.15) is 22.8 Å². The number of alkyl halides is 3. The van der Waals surface area contributed by atoms with Crippen LogP contribution in [0, 0.1) is 0 Å². The number of hydrogen-bond donors (Lipinski definition) is 2. The molecule has 0 aromatic heterocycles. The number of anilines is 1. The second kappa shape index (κ2) is 4.13. The summed E-state index contributed by atoms with van der Waals surface area (Å²) in [5.74, 6) is -0.608. The number of para-hydroxylation sites is 1. The van der Waals surface area contributed by atoms with Crippen LogP contribution in [0.25, 0.3) is 0 Å². The molecule has 0 aliphatic heterocycles. The quantitative estimate of drug-likeness (QED) is 0.603. The van der Waals surface area contributed by atoms with E-state index < -0.39 is 29.3 Å². The summed E-state index contributed by atoms with van der Waals surface area (Å²) >= 11 is 0. The number of ketones is 1. The van der Waals surface area contributed by atoms with Crippen molar-refractivity contribution >= 4 is 11.5 Å². The van der Waals surface area contributed by atoms with Gasteiger partial charge in [0.05, 0.1) is 17.3 Å². The van der Waals surface area contributed by atoms with Crippen LogP contribution < -0.4 is 11.5 Å². The number of halogens is 3. The van der Waals surface area contributed by atoms with Gasteiger partial charge in [0.15, 0.2) is 5.78 Å². The van der Waals surface area contributed by atoms with Crippen molar-refractivity contribution in [2.75, 3.05) is 5.73 Å². The van der Waals surface area contributed by atoms with E-state index in [2.05, 4.69) is 0 Å². The van der Waals surface area contributed by atoms with Gasteiger partial charge in [0.2, 0.25) is 0 Å². The summed E-state index contributed by atoms with van der Waals surface area (Å²) in [5.41, 5.74) is 8.84. The van der Waals surface area contributed by atoms with Gasteiger partial charge in [-0.15, -0.1) is 0 Å². The Labute approximate surface area is 90.2 Å². The Balaban J connectivity index is 3.30. The lowest BCUT2D eigenvalue weighted by molar-refractivity contribution is -0.136. The lowest BCUT2D eigenvalue weighted by Gasteiger charge is -2.13. The van der Waals surface area contributed by atoms with Crippen LogP contribution in [0.5, 0.6) is 0 Å². The van der Waals surface area contributed by atoms with Crippen molar-refractivity contribution in [1.82, 2.24) is 0 Å². The summed E-state index contributed by atoms with van der Waals surface area (Å²) in [6.45, 7) is 1.39. The van der Waals surface area contributed by atoms with E-state index in [-0.39, 0.29) is 5.56 Å². The highest BCUT2D eigenvalue weighted by Crippen LogP contribution is 2.35. The van der Waals surface area contributed by atoms with Crippen LogP contribution in [0.3, 0.4) is 0 Å². The summed E-state index contributed by atoms with van der Waals surface area (Å²) in [4.78, 5) is 11.5. The Bertz CT molecular complexity index is 413. The van der Waals surface area contributed by atoms with Crippen molar-refractivity contribution in [3.8, 4) is 0 Å². The van der Waals surface area contributed by atoms with Crippen LogP contribution in [0.2, 0.25) is 0 Å². The van der Waals surface area contributed by atoms with E-state index in [1.165, 1.54) is 13.0 Å². The molecular formula is C10H11F3N2O. The molecule has 1 rings (SSSR count). The molecule has 0 aliphatic carbocycles. The van der Waals surface area contributed by atoms with E-state index in [4.69, 9.17) is 11.5 Å². The van der Waals surface area contributed by atoms with Gasteiger partial charge in [0.1, 0.15) is 0 Å². The Hall–Kier alpha value is -1.56. The third kappa shape index (κ3) is 2.33. The third-order valence-corrected chi connectivity index (χ3v) is 2.09. The first-order valence-electron chi connectivity index (χ1n) is 4.50. The van der Waals surface area contributed by atoms with E-state index in [0.29, 0.717) is 0 Å². The number of carbonyl (C=O) groups excluding carboxylic acids is 1. The van der Waals surface area contributed by atoms with Gasteiger partial charge < -0.3 is 11.5 Å². The summed E-state index contributed by atoms with van der Waals surface area (Å²) in [6, 6.07) is 2.31. The average molecular weight is 232 g/mol. The van der Waals surface area contributed by atoms with E-state index in [1.807, 2.05) is 0 Å². The molecule has 0 amide bonds. The molecule has 0 radical (unpaired) electrons. The van der Waals surface area contributed by atoms with Gasteiger partial charge in [-0.25, -0.2) is 0 Å². The molecule has 16 heavy (non-hydrogen) atoms. The number of hydrogen-bond acceptors (Lipinski definition) is 3. The largest absolute Gasteiger partial charge is 0.418 e. The molecule has 0 fully saturated rings. The average Bonchev–Trinajstić information content (AvgIpc) is 2.15. The van der Waals surface area contributed by atoms with Crippen molar-refractivity contribution in [3.63, 3.8) is 0 Å². The van der Waals surface area contributed by atoms with Crippen LogP contribution >= 0.6 is 0 Å². The molecule has 6 heteroatoms. The molecule has 0 bridgehead atoms. The predicted octanol–water partition coefficient (Wildman–Crippen LogP) is 1.82. The molecule has 0 saturated carbocycles. The minimum absolute atomic E-state index is 0.190. The highest BCUT2D eigenvalue weighted by Gasteiger charge is 2.34. The van der Waals surface area contributed by atoms with E-state index in [9.17, 15) is 18.0 Å². The molecule has 1 aromatic rings. The number of Topliss-reactive ketones (excluding diaryl/α,β-unsaturated/α-hetero) is 1. The number of rotatable bonds is 2. The second-order valence-corrected chi connectivity index (χ2v) is 3.42. The van der Waals surface area contributed by atoms with E-state index in [1.54, 1.807) is 0 Å². The predicted molar refractivity (Wildman–Crippen MR) is 53.8 cm³/mol. The van der Waals surface area contributed by atoms with Gasteiger partial charge in [-0.2, -0.15) is 13.2 Å². The lowest BCUT2D eigenvalue weighted by atomic mass is 10.0. The Morgan fingerprint density at radius 3 is 2.38 bits per heavy atom. The van der Waals surface area contributed by atoms with Gasteiger partial charge in [0.25, 0.3) is 0 Å². The Kier molecular flexibility index (Phi) is 3.23. The van der Waals surface area contributed by atoms with Gasteiger partial charge in [-0.05, 0) is 19.1 Å². The Morgan fingerprint density at radius 2 is 1.94 bits per heavy atom. The summed E-state index contributed by atoms with van der Waals surface area (Å²) in [6.07, 6.45) is -4.57. The second-order valence-electron chi connectivity index (χ2n) is 3.42. The van der Waals surface area contributed by atoms with E-state index >= 15 is 0 Å². The third-order valence-electron chi connectivity index (χ3n) is 2.09. The van der Waals surface area contributed by atoms with Crippen molar-refractivity contribution in [2.45, 2.75) is 19.1 Å². The topological polar surface area (TPSA) is 69.1 Å². The molecule has 1 atom stereocenters. The van der Waals surface area contributed by atoms with Crippen molar-refractivity contribution in [3.05, 3.63) is 29.3 Å².